The highest BCUT2D eigenvalue weighted by atomic mass is 16.4. The van der Waals surface area contributed by atoms with Crippen molar-refractivity contribution in [1.29, 1.82) is 0 Å². The Labute approximate surface area is 123 Å². The summed E-state index contributed by atoms with van der Waals surface area (Å²) in [6, 6.07) is -1.19. The standard InChI is InChI=1S/C14H22N4O3/c1-18(9-11-15-7-8-16-11)14(21)17-12(13(19)20)10-5-3-2-4-6-10/h7-8,10,12H,2-6,9H2,1H3,(H,15,16)(H,17,21)(H,19,20). The predicted molar refractivity (Wildman–Crippen MR) is 76.6 cm³/mol. The fourth-order valence-electron chi connectivity index (χ4n) is 2.77. The second kappa shape index (κ2) is 7.10. The van der Waals surface area contributed by atoms with Gasteiger partial charge in [-0.1, -0.05) is 19.3 Å². The van der Waals surface area contributed by atoms with E-state index >= 15 is 0 Å². The van der Waals surface area contributed by atoms with Crippen LogP contribution in [0.5, 0.6) is 0 Å². The highest BCUT2D eigenvalue weighted by Crippen LogP contribution is 2.26. The van der Waals surface area contributed by atoms with E-state index in [1.807, 2.05) is 0 Å². The average molecular weight is 294 g/mol. The summed E-state index contributed by atoms with van der Waals surface area (Å²) in [4.78, 5) is 31.9. The second-order valence-corrected chi connectivity index (χ2v) is 5.56. The predicted octanol–water partition coefficient (Wildman–Crippen LogP) is 1.58. The van der Waals surface area contributed by atoms with Gasteiger partial charge < -0.3 is 20.3 Å². The van der Waals surface area contributed by atoms with Crippen molar-refractivity contribution in [2.75, 3.05) is 7.05 Å². The van der Waals surface area contributed by atoms with E-state index in [0.717, 1.165) is 32.1 Å². The average Bonchev–Trinajstić information content (AvgIpc) is 2.98. The third-order valence-corrected chi connectivity index (χ3v) is 3.95. The number of hydrogen-bond acceptors (Lipinski definition) is 3. The zero-order chi connectivity index (χ0) is 15.2. The fraction of sp³-hybridized carbons (Fsp3) is 0.643. The smallest absolute Gasteiger partial charge is 0.326 e. The van der Waals surface area contributed by atoms with Crippen LogP contribution < -0.4 is 5.32 Å². The first kappa shape index (κ1) is 15.3. The first-order valence-corrected chi connectivity index (χ1v) is 7.30. The minimum absolute atomic E-state index is 0.0252. The summed E-state index contributed by atoms with van der Waals surface area (Å²) >= 11 is 0. The van der Waals surface area contributed by atoms with Crippen LogP contribution in [0.25, 0.3) is 0 Å². The molecule has 1 saturated carbocycles. The fourth-order valence-corrected chi connectivity index (χ4v) is 2.77. The number of carboxylic acid groups (broad SMARTS) is 1. The van der Waals surface area contributed by atoms with Crippen molar-refractivity contribution in [1.82, 2.24) is 20.2 Å². The Bertz CT molecular complexity index is 469. The molecule has 116 valence electrons. The molecule has 0 spiro atoms. The molecule has 1 atom stereocenters. The molecule has 1 heterocycles. The molecule has 1 unspecified atom stereocenters. The molecule has 2 rings (SSSR count). The lowest BCUT2D eigenvalue weighted by atomic mass is 9.84. The van der Waals surface area contributed by atoms with Gasteiger partial charge in [-0.25, -0.2) is 14.6 Å². The quantitative estimate of drug-likeness (QED) is 0.768. The van der Waals surface area contributed by atoms with Gasteiger partial charge in [0, 0.05) is 19.4 Å². The lowest BCUT2D eigenvalue weighted by Gasteiger charge is -2.29. The number of imidazole rings is 1. The zero-order valence-electron chi connectivity index (χ0n) is 12.2. The number of carbonyl (C=O) groups is 2. The third kappa shape index (κ3) is 4.21. The first-order chi connectivity index (χ1) is 10.1. The molecule has 0 bridgehead atoms. The van der Waals surface area contributed by atoms with E-state index in [0.29, 0.717) is 12.4 Å². The van der Waals surface area contributed by atoms with Crippen LogP contribution in [-0.4, -0.2) is 45.1 Å². The van der Waals surface area contributed by atoms with Crippen molar-refractivity contribution in [3.8, 4) is 0 Å². The molecule has 1 aromatic heterocycles. The molecule has 1 aliphatic rings. The van der Waals surface area contributed by atoms with Gasteiger partial charge in [-0.05, 0) is 18.8 Å². The van der Waals surface area contributed by atoms with Gasteiger partial charge in [-0.3, -0.25) is 0 Å². The molecule has 7 nitrogen and oxygen atoms in total. The normalized spacial score (nSPS) is 17.2. The van der Waals surface area contributed by atoms with Gasteiger partial charge in [-0.15, -0.1) is 0 Å². The van der Waals surface area contributed by atoms with Crippen molar-refractivity contribution in [3.63, 3.8) is 0 Å². The maximum Gasteiger partial charge on any atom is 0.326 e. The molecule has 0 saturated heterocycles. The Hall–Kier alpha value is -2.05. The monoisotopic (exact) mass is 294 g/mol. The van der Waals surface area contributed by atoms with Crippen LogP contribution in [0.15, 0.2) is 12.4 Å². The second-order valence-electron chi connectivity index (χ2n) is 5.56. The third-order valence-electron chi connectivity index (χ3n) is 3.95. The molecule has 0 aromatic carbocycles. The van der Waals surface area contributed by atoms with Crippen LogP contribution in [0.3, 0.4) is 0 Å². The van der Waals surface area contributed by atoms with Crippen LogP contribution in [0.1, 0.15) is 37.9 Å². The lowest BCUT2D eigenvalue weighted by molar-refractivity contribution is -0.141. The van der Waals surface area contributed by atoms with Gasteiger partial charge in [0.05, 0.1) is 6.54 Å². The van der Waals surface area contributed by atoms with Crippen LogP contribution in [0.4, 0.5) is 4.79 Å². The summed E-state index contributed by atoms with van der Waals surface area (Å²) in [5, 5.41) is 12.0. The number of carbonyl (C=O) groups excluding carboxylic acids is 1. The van der Waals surface area contributed by atoms with Crippen molar-refractivity contribution in [2.45, 2.75) is 44.7 Å². The van der Waals surface area contributed by atoms with Gasteiger partial charge in [0.1, 0.15) is 11.9 Å². The summed E-state index contributed by atoms with van der Waals surface area (Å²) in [6.07, 6.45) is 8.24. The van der Waals surface area contributed by atoms with Crippen LogP contribution in [0, 0.1) is 5.92 Å². The van der Waals surface area contributed by atoms with Crippen LogP contribution in [0.2, 0.25) is 0 Å². The number of hydrogen-bond donors (Lipinski definition) is 3. The van der Waals surface area contributed by atoms with E-state index in [4.69, 9.17) is 0 Å². The number of aromatic amines is 1. The Morgan fingerprint density at radius 3 is 2.76 bits per heavy atom. The number of H-pyrrole nitrogens is 1. The summed E-state index contributed by atoms with van der Waals surface area (Å²) in [7, 11) is 1.62. The number of amides is 2. The van der Waals surface area contributed by atoms with Crippen molar-refractivity contribution in [3.05, 3.63) is 18.2 Å². The van der Waals surface area contributed by atoms with E-state index in [-0.39, 0.29) is 11.9 Å². The van der Waals surface area contributed by atoms with Gasteiger partial charge in [0.15, 0.2) is 0 Å². The van der Waals surface area contributed by atoms with Crippen LogP contribution >= 0.6 is 0 Å². The van der Waals surface area contributed by atoms with E-state index in [1.54, 1.807) is 19.4 Å². The van der Waals surface area contributed by atoms with Crippen molar-refractivity contribution in [2.24, 2.45) is 5.92 Å². The molecule has 0 radical (unpaired) electrons. The SMILES string of the molecule is CN(Cc1ncc[nH]1)C(=O)NC(C(=O)O)C1CCCCC1. The first-order valence-electron chi connectivity index (χ1n) is 7.30. The number of aliphatic carboxylic acids is 1. The molecule has 1 aromatic rings. The van der Waals surface area contributed by atoms with Crippen molar-refractivity contribution >= 4 is 12.0 Å². The number of aromatic nitrogens is 2. The molecule has 3 N–H and O–H groups in total. The van der Waals surface area contributed by atoms with Crippen molar-refractivity contribution < 1.29 is 14.7 Å². The highest BCUT2D eigenvalue weighted by Gasteiger charge is 2.31. The highest BCUT2D eigenvalue weighted by molar-refractivity contribution is 5.82. The largest absolute Gasteiger partial charge is 0.480 e. The van der Waals surface area contributed by atoms with Crippen LogP contribution in [-0.2, 0) is 11.3 Å². The summed E-state index contributed by atoms with van der Waals surface area (Å²) < 4.78 is 0. The molecule has 21 heavy (non-hydrogen) atoms. The van der Waals surface area contributed by atoms with Gasteiger partial charge in [0.25, 0.3) is 0 Å². The molecule has 7 heteroatoms. The Kier molecular flexibility index (Phi) is 5.19. The Morgan fingerprint density at radius 2 is 2.19 bits per heavy atom. The number of nitrogens with zero attached hydrogens (tertiary/aromatic N) is 2. The van der Waals surface area contributed by atoms with E-state index in [2.05, 4.69) is 15.3 Å². The number of nitrogens with one attached hydrogen (secondary N) is 2. The topological polar surface area (TPSA) is 98.3 Å². The number of carboxylic acids is 1. The van der Waals surface area contributed by atoms with Gasteiger partial charge in [-0.2, -0.15) is 0 Å². The number of urea groups is 1. The summed E-state index contributed by atoms with van der Waals surface area (Å²) in [5.41, 5.74) is 0. The van der Waals surface area contributed by atoms with Gasteiger partial charge in [0.2, 0.25) is 0 Å². The van der Waals surface area contributed by atoms with E-state index in [9.17, 15) is 14.7 Å². The number of rotatable bonds is 5. The molecular weight excluding hydrogens is 272 g/mol. The van der Waals surface area contributed by atoms with Gasteiger partial charge >= 0.3 is 12.0 Å². The Balaban J connectivity index is 1.92. The lowest BCUT2D eigenvalue weighted by Crippen LogP contribution is -2.50. The molecular formula is C14H22N4O3. The Morgan fingerprint density at radius 1 is 1.48 bits per heavy atom. The molecule has 1 aliphatic carbocycles. The minimum Gasteiger partial charge on any atom is -0.480 e. The maximum absolute atomic E-state index is 12.1. The van der Waals surface area contributed by atoms with E-state index < -0.39 is 12.0 Å². The minimum atomic E-state index is -0.957. The summed E-state index contributed by atoms with van der Waals surface area (Å²) in [5.74, 6) is -0.268. The van der Waals surface area contributed by atoms with E-state index in [1.165, 1.54) is 4.90 Å². The molecule has 1 fully saturated rings. The maximum atomic E-state index is 12.1. The molecule has 0 aliphatic heterocycles. The molecule has 2 amide bonds. The zero-order valence-corrected chi connectivity index (χ0v) is 12.2. The summed E-state index contributed by atoms with van der Waals surface area (Å²) in [6.45, 7) is 0.315.